The first-order chi connectivity index (χ1) is 23.3. The molecule has 5 rings (SSSR count). The van der Waals surface area contributed by atoms with Crippen LogP contribution in [0.5, 0.6) is 0 Å². The summed E-state index contributed by atoms with van der Waals surface area (Å²) in [6.07, 6.45) is 14.3. The number of rotatable bonds is 15. The van der Waals surface area contributed by atoms with Crippen LogP contribution in [0.25, 0.3) is 0 Å². The van der Waals surface area contributed by atoms with E-state index in [0.717, 1.165) is 29.5 Å². The lowest BCUT2D eigenvalue weighted by molar-refractivity contribution is -0.145. The van der Waals surface area contributed by atoms with Crippen LogP contribution < -0.4 is 11.1 Å². The van der Waals surface area contributed by atoms with Crippen molar-refractivity contribution in [3.63, 3.8) is 0 Å². The van der Waals surface area contributed by atoms with Crippen LogP contribution in [0.4, 0.5) is 0 Å². The average molecular weight is 646 g/mol. The molecule has 1 heterocycles. The van der Waals surface area contributed by atoms with E-state index in [1.54, 1.807) is 0 Å². The molecule has 0 spiro atoms. The Bertz CT molecular complexity index is 1650. The Kier molecular flexibility index (Phi) is 11.4. The van der Waals surface area contributed by atoms with Gasteiger partial charge in [0.15, 0.2) is 0 Å². The van der Waals surface area contributed by atoms with Gasteiger partial charge in [0.2, 0.25) is 5.91 Å². The summed E-state index contributed by atoms with van der Waals surface area (Å²) in [6.45, 7) is 5.52. The molecule has 4 aromatic rings. The van der Waals surface area contributed by atoms with Gasteiger partial charge in [-0.1, -0.05) is 129 Å². The van der Waals surface area contributed by atoms with E-state index < -0.39 is 17.6 Å². The Morgan fingerprint density at radius 2 is 1.62 bits per heavy atom. The number of esters is 1. The van der Waals surface area contributed by atoms with Crippen LogP contribution in [0.15, 0.2) is 128 Å². The SMILES string of the molecule is CCC(N)CN(CC(=O)NC(Cc1cn(C(c2ccccc2)(c2ccccc2)C2(C)C=CC=CC2)cn1)C(=O)OC)Cc1ccccc1. The maximum atomic E-state index is 13.5. The molecule has 1 amide bonds. The molecule has 0 radical (unpaired) electrons. The molecular formula is C40H47N5O3. The van der Waals surface area contributed by atoms with Gasteiger partial charge in [-0.05, 0) is 29.5 Å². The van der Waals surface area contributed by atoms with E-state index in [9.17, 15) is 9.59 Å². The van der Waals surface area contributed by atoms with E-state index in [-0.39, 0.29) is 30.3 Å². The van der Waals surface area contributed by atoms with Crippen LogP contribution >= 0.6 is 0 Å². The topological polar surface area (TPSA) is 102 Å². The quantitative estimate of drug-likeness (QED) is 0.162. The van der Waals surface area contributed by atoms with Crippen LogP contribution in [-0.4, -0.2) is 58.6 Å². The third-order valence-corrected chi connectivity index (χ3v) is 9.35. The number of aromatic nitrogens is 2. The standard InChI is InChI=1S/C40H47N5O3/c1-4-34(41)27-44(26-31-17-9-5-10-18-31)29-37(46)43-36(38(47)48-3)25-35-28-45(30-42-35)40(32-19-11-6-12-20-32,33-21-13-7-14-22-33)39(2)23-15-8-16-24-39/h5-23,28,30,34,36H,4,24-27,29,41H2,1-3H3,(H,43,46). The molecule has 0 saturated carbocycles. The van der Waals surface area contributed by atoms with Crippen molar-refractivity contribution >= 4 is 11.9 Å². The molecule has 1 aliphatic carbocycles. The highest BCUT2D eigenvalue weighted by Gasteiger charge is 2.50. The van der Waals surface area contributed by atoms with Crippen LogP contribution in [0.1, 0.15) is 49.1 Å². The number of methoxy groups -OCH3 is 1. The first-order valence-electron chi connectivity index (χ1n) is 16.7. The van der Waals surface area contributed by atoms with Gasteiger partial charge in [-0.15, -0.1) is 0 Å². The number of imidazole rings is 1. The number of amides is 1. The van der Waals surface area contributed by atoms with Gasteiger partial charge < -0.3 is 20.4 Å². The van der Waals surface area contributed by atoms with Crippen LogP contribution in [0.3, 0.4) is 0 Å². The van der Waals surface area contributed by atoms with Gasteiger partial charge in [0.25, 0.3) is 0 Å². The van der Waals surface area contributed by atoms with E-state index in [4.69, 9.17) is 15.5 Å². The summed E-state index contributed by atoms with van der Waals surface area (Å²) in [7, 11) is 1.33. The lowest BCUT2D eigenvalue weighted by atomic mass is 9.60. The zero-order chi connectivity index (χ0) is 34.0. The van der Waals surface area contributed by atoms with Crippen molar-refractivity contribution in [2.24, 2.45) is 11.1 Å². The van der Waals surface area contributed by atoms with Gasteiger partial charge >= 0.3 is 5.97 Å². The highest BCUT2D eigenvalue weighted by molar-refractivity contribution is 5.85. The number of benzene rings is 3. The van der Waals surface area contributed by atoms with E-state index in [1.807, 2.05) is 66.8 Å². The minimum absolute atomic E-state index is 0.0762. The number of carbonyl (C=O) groups is 2. The zero-order valence-electron chi connectivity index (χ0n) is 28.2. The van der Waals surface area contributed by atoms with E-state index >= 15 is 0 Å². The molecule has 8 heteroatoms. The largest absolute Gasteiger partial charge is 0.467 e. The predicted molar refractivity (Wildman–Crippen MR) is 190 cm³/mol. The molecule has 3 aromatic carbocycles. The number of allylic oxidation sites excluding steroid dienone is 4. The number of nitrogens with one attached hydrogen (secondary N) is 1. The summed E-state index contributed by atoms with van der Waals surface area (Å²) in [4.78, 5) is 33.4. The third kappa shape index (κ3) is 7.67. The van der Waals surface area contributed by atoms with E-state index in [1.165, 1.54) is 7.11 Å². The maximum absolute atomic E-state index is 13.5. The highest BCUT2D eigenvalue weighted by atomic mass is 16.5. The Hall–Kier alpha value is -4.79. The number of hydrogen-bond donors (Lipinski definition) is 2. The fourth-order valence-electron chi connectivity index (χ4n) is 6.90. The Labute approximate surface area is 284 Å². The Morgan fingerprint density at radius 3 is 2.19 bits per heavy atom. The number of carbonyl (C=O) groups excluding carboxylic acids is 2. The molecule has 3 atom stereocenters. The van der Waals surface area contributed by atoms with Gasteiger partial charge in [0, 0.05) is 37.2 Å². The van der Waals surface area contributed by atoms with Crippen molar-refractivity contribution in [3.8, 4) is 0 Å². The molecular weight excluding hydrogens is 598 g/mol. The predicted octanol–water partition coefficient (Wildman–Crippen LogP) is 5.64. The fraction of sp³-hybridized carbons (Fsp3) is 0.325. The van der Waals surface area contributed by atoms with Crippen LogP contribution in [0, 0.1) is 5.41 Å². The molecule has 0 saturated heterocycles. The number of hydrogen-bond acceptors (Lipinski definition) is 6. The van der Waals surface area contributed by atoms with Crippen LogP contribution in [0.2, 0.25) is 0 Å². The molecule has 8 nitrogen and oxygen atoms in total. The van der Waals surface area contributed by atoms with Gasteiger partial charge in [0.1, 0.15) is 11.6 Å². The highest BCUT2D eigenvalue weighted by Crippen LogP contribution is 2.52. The summed E-state index contributed by atoms with van der Waals surface area (Å²) in [5.41, 5.74) is 9.25. The lowest BCUT2D eigenvalue weighted by Crippen LogP contribution is -2.49. The first-order valence-corrected chi connectivity index (χ1v) is 16.7. The summed E-state index contributed by atoms with van der Waals surface area (Å²) < 4.78 is 7.32. The normalized spacial score (nSPS) is 17.2. The Morgan fingerprint density at radius 1 is 1.00 bits per heavy atom. The molecule has 1 aromatic heterocycles. The van der Waals surface area contributed by atoms with E-state index in [0.29, 0.717) is 18.8 Å². The molecule has 1 aliphatic rings. The van der Waals surface area contributed by atoms with Gasteiger partial charge in [0.05, 0.1) is 25.7 Å². The molecule has 250 valence electrons. The molecule has 0 fully saturated rings. The second kappa shape index (κ2) is 15.9. The number of nitrogens with two attached hydrogens (primary N) is 1. The molecule has 3 unspecified atom stereocenters. The number of ether oxygens (including phenoxy) is 1. The summed E-state index contributed by atoms with van der Waals surface area (Å²) in [6, 6.07) is 29.9. The van der Waals surface area contributed by atoms with Crippen molar-refractivity contribution in [2.75, 3.05) is 20.2 Å². The van der Waals surface area contributed by atoms with Crippen molar-refractivity contribution in [1.29, 1.82) is 0 Å². The Balaban J connectivity index is 1.45. The zero-order valence-corrected chi connectivity index (χ0v) is 28.2. The minimum atomic E-state index is -0.916. The lowest BCUT2D eigenvalue weighted by Gasteiger charge is -2.49. The van der Waals surface area contributed by atoms with Crippen molar-refractivity contribution in [3.05, 3.63) is 150 Å². The second-order valence-corrected chi connectivity index (χ2v) is 12.8. The van der Waals surface area contributed by atoms with Crippen molar-refractivity contribution < 1.29 is 14.3 Å². The molecule has 0 aliphatic heterocycles. The minimum Gasteiger partial charge on any atom is -0.467 e. The summed E-state index contributed by atoms with van der Waals surface area (Å²) >= 11 is 0. The first kappa shape index (κ1) is 34.5. The average Bonchev–Trinajstić information content (AvgIpc) is 3.57. The molecule has 3 N–H and O–H groups in total. The van der Waals surface area contributed by atoms with E-state index in [2.05, 4.69) is 89.6 Å². The number of nitrogens with zero attached hydrogens (tertiary/aromatic N) is 3. The van der Waals surface area contributed by atoms with Crippen LogP contribution in [-0.2, 0) is 32.8 Å². The monoisotopic (exact) mass is 645 g/mol. The summed E-state index contributed by atoms with van der Waals surface area (Å²) in [5.74, 6) is -0.805. The third-order valence-electron chi connectivity index (χ3n) is 9.35. The second-order valence-electron chi connectivity index (χ2n) is 12.8. The molecule has 48 heavy (non-hydrogen) atoms. The summed E-state index contributed by atoms with van der Waals surface area (Å²) in [5, 5.41) is 2.94. The maximum Gasteiger partial charge on any atom is 0.328 e. The van der Waals surface area contributed by atoms with Gasteiger partial charge in [-0.2, -0.15) is 0 Å². The fourth-order valence-corrected chi connectivity index (χ4v) is 6.90. The molecule has 0 bridgehead atoms. The smallest absolute Gasteiger partial charge is 0.328 e. The van der Waals surface area contributed by atoms with Gasteiger partial charge in [-0.25, -0.2) is 9.78 Å². The van der Waals surface area contributed by atoms with Gasteiger partial charge in [-0.3, -0.25) is 9.69 Å². The van der Waals surface area contributed by atoms with Crippen molar-refractivity contribution in [2.45, 2.75) is 57.3 Å². The van der Waals surface area contributed by atoms with Crippen molar-refractivity contribution in [1.82, 2.24) is 19.8 Å².